The Labute approximate surface area is 205 Å². The number of aromatic nitrogens is 3. The summed E-state index contributed by atoms with van der Waals surface area (Å²) in [5, 5.41) is 10.9. The zero-order valence-electron chi connectivity index (χ0n) is 19.1. The summed E-state index contributed by atoms with van der Waals surface area (Å²) in [7, 11) is 0. The number of amides is 1. The van der Waals surface area contributed by atoms with Crippen LogP contribution in [0, 0.1) is 6.92 Å². The zero-order valence-corrected chi connectivity index (χ0v) is 19.9. The molecule has 12 heteroatoms. The van der Waals surface area contributed by atoms with Crippen LogP contribution in [-0.2, 0) is 14.3 Å². The van der Waals surface area contributed by atoms with Crippen molar-refractivity contribution in [2.24, 2.45) is 5.73 Å². The summed E-state index contributed by atoms with van der Waals surface area (Å²) in [6.07, 6.45) is 2.06. The molecule has 2 saturated heterocycles. The topological polar surface area (TPSA) is 130 Å². The Kier molecular flexibility index (Phi) is 5.43. The number of hydrogen-bond donors (Lipinski definition) is 2. The van der Waals surface area contributed by atoms with Gasteiger partial charge in [0.05, 0.1) is 29.7 Å². The lowest BCUT2D eigenvalue weighted by Crippen LogP contribution is -2.51. The van der Waals surface area contributed by atoms with Gasteiger partial charge in [-0.15, -0.1) is 0 Å². The highest BCUT2D eigenvalue weighted by Crippen LogP contribution is 2.44. The van der Waals surface area contributed by atoms with E-state index in [1.54, 1.807) is 22.4 Å². The lowest BCUT2D eigenvalue weighted by Gasteiger charge is -2.39. The third-order valence-corrected chi connectivity index (χ3v) is 7.35. The second kappa shape index (κ2) is 8.63. The normalized spacial score (nSPS) is 20.7. The van der Waals surface area contributed by atoms with Crippen molar-refractivity contribution in [1.29, 1.82) is 0 Å². The summed E-state index contributed by atoms with van der Waals surface area (Å²) in [5.74, 6) is 0.0151. The summed E-state index contributed by atoms with van der Waals surface area (Å²) in [5.41, 5.74) is 8.94. The Hall–Kier alpha value is -3.48. The van der Waals surface area contributed by atoms with Crippen molar-refractivity contribution in [3.63, 3.8) is 0 Å². The Bertz CT molecular complexity index is 1320. The van der Waals surface area contributed by atoms with Crippen LogP contribution < -0.4 is 20.4 Å². The fraction of sp³-hybridized carbons (Fsp3) is 0.391. The summed E-state index contributed by atoms with van der Waals surface area (Å²) in [6, 6.07) is 5.75. The molecule has 6 rings (SSSR count). The molecule has 182 valence electrons. The van der Waals surface area contributed by atoms with E-state index >= 15 is 0 Å². The number of anilines is 3. The molecule has 1 atom stereocenters. The van der Waals surface area contributed by atoms with Crippen molar-refractivity contribution in [1.82, 2.24) is 15.0 Å². The minimum absolute atomic E-state index is 0.228. The Morgan fingerprint density at radius 2 is 2.00 bits per heavy atom. The number of primary amides is 1. The van der Waals surface area contributed by atoms with Crippen molar-refractivity contribution >= 4 is 44.2 Å². The summed E-state index contributed by atoms with van der Waals surface area (Å²) >= 11 is 1.55. The van der Waals surface area contributed by atoms with Crippen LogP contribution in [0.4, 0.5) is 16.6 Å². The number of hydrogen-bond acceptors (Lipinski definition) is 11. The second-order valence-electron chi connectivity index (χ2n) is 8.76. The van der Waals surface area contributed by atoms with E-state index in [4.69, 9.17) is 25.2 Å². The smallest absolute Gasteiger partial charge is 0.268 e. The molecule has 0 spiro atoms. The van der Waals surface area contributed by atoms with Gasteiger partial charge in [-0.05, 0) is 25.1 Å². The predicted octanol–water partition coefficient (Wildman–Crippen LogP) is 1.27. The van der Waals surface area contributed by atoms with Crippen LogP contribution in [0.1, 0.15) is 17.5 Å². The molecular formula is C23H25N7O4S. The molecule has 3 aliphatic rings. The molecule has 6 heterocycles. The van der Waals surface area contributed by atoms with Crippen molar-refractivity contribution in [3.8, 4) is 0 Å². The monoisotopic (exact) mass is 495 g/mol. The largest absolute Gasteiger partial charge is 0.471 e. The standard InChI is InChI=1S/C23H25N7O4S/c1-13-8-14(2-3-25-13)22-30(17(12-34-22)19(24)32)16-9-18-20(26-21(16)29-10-15(31)11-29)27-23(35-18)28-4-6-33-7-5-28/h2-3,8-9,12,15,22,31H,4-7,10-11H2,1H3,(H2,24,32). The van der Waals surface area contributed by atoms with Gasteiger partial charge >= 0.3 is 0 Å². The number of morpholine rings is 1. The van der Waals surface area contributed by atoms with Crippen molar-refractivity contribution in [2.45, 2.75) is 19.3 Å². The number of aliphatic hydroxyl groups excluding tert-OH is 1. The lowest BCUT2D eigenvalue weighted by atomic mass is 10.1. The first-order valence-electron chi connectivity index (χ1n) is 11.4. The molecule has 35 heavy (non-hydrogen) atoms. The number of rotatable bonds is 5. The van der Waals surface area contributed by atoms with E-state index in [1.165, 1.54) is 6.26 Å². The Morgan fingerprint density at radius 3 is 2.71 bits per heavy atom. The van der Waals surface area contributed by atoms with Gasteiger partial charge in [-0.25, -0.2) is 4.98 Å². The van der Waals surface area contributed by atoms with Crippen molar-refractivity contribution in [2.75, 3.05) is 54.1 Å². The number of aliphatic hydroxyl groups is 1. The first-order chi connectivity index (χ1) is 17.0. The number of fused-ring (bicyclic) bond motifs is 1. The molecule has 2 fully saturated rings. The lowest BCUT2D eigenvalue weighted by molar-refractivity contribution is -0.114. The third kappa shape index (κ3) is 3.93. The molecule has 0 radical (unpaired) electrons. The number of nitrogens with zero attached hydrogens (tertiary/aromatic N) is 6. The first kappa shape index (κ1) is 22.0. The molecule has 1 amide bonds. The fourth-order valence-electron chi connectivity index (χ4n) is 4.52. The molecule has 0 saturated carbocycles. The molecule has 0 aliphatic carbocycles. The van der Waals surface area contributed by atoms with Gasteiger partial charge in [0, 0.05) is 43.6 Å². The zero-order chi connectivity index (χ0) is 24.1. The van der Waals surface area contributed by atoms with Gasteiger partial charge < -0.3 is 30.1 Å². The number of pyridine rings is 2. The van der Waals surface area contributed by atoms with E-state index in [2.05, 4.69) is 9.88 Å². The minimum Gasteiger partial charge on any atom is -0.471 e. The first-order valence-corrected chi connectivity index (χ1v) is 12.2. The molecule has 3 aliphatic heterocycles. The number of aryl methyl sites for hydroxylation is 1. The van der Waals surface area contributed by atoms with Crippen LogP contribution in [0.15, 0.2) is 36.4 Å². The highest BCUT2D eigenvalue weighted by atomic mass is 32.1. The average Bonchev–Trinajstić information content (AvgIpc) is 3.46. The van der Waals surface area contributed by atoms with E-state index in [-0.39, 0.29) is 5.70 Å². The summed E-state index contributed by atoms with van der Waals surface area (Å²) in [4.78, 5) is 32.3. The van der Waals surface area contributed by atoms with E-state index in [0.717, 1.165) is 34.2 Å². The molecule has 0 bridgehead atoms. The third-order valence-electron chi connectivity index (χ3n) is 6.30. The van der Waals surface area contributed by atoms with Gasteiger partial charge in [-0.3, -0.25) is 14.7 Å². The maximum Gasteiger partial charge on any atom is 0.268 e. The van der Waals surface area contributed by atoms with E-state index in [0.29, 0.717) is 43.5 Å². The van der Waals surface area contributed by atoms with Crippen LogP contribution >= 0.6 is 11.3 Å². The number of carbonyl (C=O) groups is 1. The van der Waals surface area contributed by atoms with Crippen molar-refractivity contribution in [3.05, 3.63) is 47.6 Å². The second-order valence-corrected chi connectivity index (χ2v) is 9.77. The number of carbonyl (C=O) groups excluding carboxylic acids is 1. The Balaban J connectivity index is 1.48. The molecule has 3 aromatic heterocycles. The number of thiazole rings is 1. The molecule has 3 aromatic rings. The molecule has 0 aromatic carbocycles. The van der Waals surface area contributed by atoms with E-state index in [9.17, 15) is 9.90 Å². The van der Waals surface area contributed by atoms with Crippen LogP contribution in [-0.4, -0.2) is 71.5 Å². The minimum atomic E-state index is -0.616. The maximum atomic E-state index is 12.4. The van der Waals surface area contributed by atoms with Gasteiger partial charge in [0.15, 0.2) is 16.6 Å². The highest BCUT2D eigenvalue weighted by molar-refractivity contribution is 7.22. The van der Waals surface area contributed by atoms with Gasteiger partial charge in [0.2, 0.25) is 6.23 Å². The predicted molar refractivity (Wildman–Crippen MR) is 131 cm³/mol. The summed E-state index contributed by atoms with van der Waals surface area (Å²) in [6.45, 7) is 5.65. The summed E-state index contributed by atoms with van der Waals surface area (Å²) < 4.78 is 12.3. The SMILES string of the molecule is Cc1cc(C2OC=C(C(N)=O)N2c2cc3sc(N4CCOCC4)nc3nc2N2CC(O)C2)ccn1. The van der Waals surface area contributed by atoms with E-state index < -0.39 is 18.2 Å². The van der Waals surface area contributed by atoms with Gasteiger partial charge in [-0.2, -0.15) is 4.98 Å². The van der Waals surface area contributed by atoms with E-state index in [1.807, 2.05) is 30.0 Å². The van der Waals surface area contributed by atoms with Gasteiger partial charge in [0.25, 0.3) is 5.91 Å². The fourth-order valence-corrected chi connectivity index (χ4v) is 5.51. The van der Waals surface area contributed by atoms with Crippen LogP contribution in [0.5, 0.6) is 0 Å². The Morgan fingerprint density at radius 1 is 1.20 bits per heavy atom. The highest BCUT2D eigenvalue weighted by Gasteiger charge is 2.38. The van der Waals surface area contributed by atoms with Crippen LogP contribution in [0.25, 0.3) is 10.3 Å². The average molecular weight is 496 g/mol. The number of nitrogens with two attached hydrogens (primary N) is 1. The molecule has 11 nitrogen and oxygen atoms in total. The van der Waals surface area contributed by atoms with Crippen LogP contribution in [0.2, 0.25) is 0 Å². The van der Waals surface area contributed by atoms with Gasteiger partial charge in [0.1, 0.15) is 12.0 Å². The molecule has 1 unspecified atom stereocenters. The van der Waals surface area contributed by atoms with Crippen molar-refractivity contribution < 1.29 is 19.4 Å². The van der Waals surface area contributed by atoms with Gasteiger partial charge in [-0.1, -0.05) is 11.3 Å². The molecule has 3 N–H and O–H groups in total. The number of β-amino-alcohol motifs (C(OH)–C–C–N with tert-alkyl or cyclic N) is 1. The molecular weight excluding hydrogens is 470 g/mol. The van der Waals surface area contributed by atoms with Crippen LogP contribution in [0.3, 0.4) is 0 Å². The number of ether oxygens (including phenoxy) is 2. The quantitative estimate of drug-likeness (QED) is 0.534. The maximum absolute atomic E-state index is 12.4.